The van der Waals surface area contributed by atoms with E-state index in [0.29, 0.717) is 5.69 Å². The van der Waals surface area contributed by atoms with Crippen molar-refractivity contribution in [3.63, 3.8) is 0 Å². The fourth-order valence-electron chi connectivity index (χ4n) is 3.04. The number of carbonyl (C=O) groups is 1. The first-order valence-corrected chi connectivity index (χ1v) is 8.40. The summed E-state index contributed by atoms with van der Waals surface area (Å²) < 4.78 is 7.17. The van der Waals surface area contributed by atoms with Crippen LogP contribution < -0.4 is 10.1 Å². The minimum absolute atomic E-state index is 0.104. The topological polar surface area (TPSA) is 56.1 Å². The van der Waals surface area contributed by atoms with Crippen molar-refractivity contribution in [3.8, 4) is 5.75 Å². The van der Waals surface area contributed by atoms with Gasteiger partial charge in [-0.15, -0.1) is 0 Å². The summed E-state index contributed by atoms with van der Waals surface area (Å²) in [5.74, 6) is 0.674. The zero-order valence-electron chi connectivity index (χ0n) is 15.0. The van der Waals surface area contributed by atoms with Gasteiger partial charge in [0.05, 0.1) is 18.8 Å². The first-order valence-electron chi connectivity index (χ1n) is 8.40. The van der Waals surface area contributed by atoms with Crippen molar-refractivity contribution in [3.05, 3.63) is 59.5 Å². The minimum Gasteiger partial charge on any atom is -0.497 e. The van der Waals surface area contributed by atoms with Crippen molar-refractivity contribution < 1.29 is 9.53 Å². The number of methoxy groups -OCH3 is 1. The molecule has 0 saturated carbocycles. The highest BCUT2D eigenvalue weighted by atomic mass is 16.5. The van der Waals surface area contributed by atoms with Crippen molar-refractivity contribution in [1.29, 1.82) is 0 Å². The molecule has 1 amide bonds. The van der Waals surface area contributed by atoms with E-state index in [9.17, 15) is 4.79 Å². The van der Waals surface area contributed by atoms with Gasteiger partial charge >= 0.3 is 0 Å². The Bertz CT molecular complexity index is 914. The highest BCUT2D eigenvalue weighted by Gasteiger charge is 2.19. The lowest BCUT2D eigenvalue weighted by Gasteiger charge is -2.17. The Balaban J connectivity index is 1.89. The third-order valence-electron chi connectivity index (χ3n) is 4.49. The Kier molecular flexibility index (Phi) is 4.74. The van der Waals surface area contributed by atoms with Gasteiger partial charge < -0.3 is 14.6 Å². The highest BCUT2D eigenvalue weighted by Crippen LogP contribution is 2.24. The van der Waals surface area contributed by atoms with Gasteiger partial charge in [-0.3, -0.25) is 9.78 Å². The maximum atomic E-state index is 12.8. The largest absolute Gasteiger partial charge is 0.497 e. The van der Waals surface area contributed by atoms with Gasteiger partial charge in [-0.1, -0.05) is 6.92 Å². The molecular formula is C20H23N3O2. The normalized spacial score (nSPS) is 12.2. The van der Waals surface area contributed by atoms with Crippen LogP contribution >= 0.6 is 0 Å². The lowest BCUT2D eigenvalue weighted by molar-refractivity contribution is 0.0927. The number of hydrogen-bond donors (Lipinski definition) is 1. The number of carbonyl (C=O) groups excluding carboxylic acids is 1. The number of nitrogens with one attached hydrogen (secondary N) is 1. The Labute approximate surface area is 147 Å². The molecule has 1 atom stereocenters. The standard InChI is InChI=1S/C20H23N3O2/c1-5-16(17-10-13(2)8-9-21-17)22-20(24)19-12-14-11-15(25-4)6-7-18(14)23(19)3/h6-12,16H,5H2,1-4H3,(H,22,24)/t16-/m1/s1. The SMILES string of the molecule is CC[C@@H](NC(=O)c1cc2cc(OC)ccc2n1C)c1cc(C)ccn1. The van der Waals surface area contributed by atoms with E-state index in [1.807, 2.05) is 61.9 Å². The van der Waals surface area contributed by atoms with Gasteiger partial charge in [0.1, 0.15) is 11.4 Å². The molecule has 5 nitrogen and oxygen atoms in total. The number of ether oxygens (including phenoxy) is 1. The average molecular weight is 337 g/mol. The fourth-order valence-corrected chi connectivity index (χ4v) is 3.04. The van der Waals surface area contributed by atoms with Crippen LogP contribution in [-0.2, 0) is 7.05 Å². The second kappa shape index (κ2) is 6.97. The third kappa shape index (κ3) is 3.36. The molecule has 0 spiro atoms. The number of aryl methyl sites for hydroxylation is 2. The van der Waals surface area contributed by atoms with Crippen LogP contribution in [0.3, 0.4) is 0 Å². The van der Waals surface area contributed by atoms with Gasteiger partial charge in [-0.25, -0.2) is 0 Å². The molecule has 2 aromatic heterocycles. The fraction of sp³-hybridized carbons (Fsp3) is 0.300. The lowest BCUT2D eigenvalue weighted by Crippen LogP contribution is -2.30. The van der Waals surface area contributed by atoms with Crippen LogP contribution in [0, 0.1) is 6.92 Å². The Morgan fingerprint density at radius 2 is 2.08 bits per heavy atom. The molecule has 3 rings (SSSR count). The molecular weight excluding hydrogens is 314 g/mol. The van der Waals surface area contributed by atoms with Crippen LogP contribution in [0.2, 0.25) is 0 Å². The molecule has 0 saturated heterocycles. The number of benzene rings is 1. The molecule has 1 aromatic carbocycles. The van der Waals surface area contributed by atoms with Gasteiger partial charge in [0.2, 0.25) is 0 Å². The maximum Gasteiger partial charge on any atom is 0.268 e. The van der Waals surface area contributed by atoms with Gasteiger partial charge in [0.25, 0.3) is 5.91 Å². The number of nitrogens with zero attached hydrogens (tertiary/aromatic N) is 2. The first kappa shape index (κ1) is 17.0. The predicted molar refractivity (Wildman–Crippen MR) is 98.9 cm³/mol. The molecule has 3 aromatic rings. The van der Waals surface area contributed by atoms with E-state index in [1.165, 1.54) is 0 Å². The molecule has 0 aliphatic rings. The zero-order valence-corrected chi connectivity index (χ0v) is 15.0. The van der Waals surface area contributed by atoms with E-state index in [2.05, 4.69) is 10.3 Å². The second-order valence-corrected chi connectivity index (χ2v) is 6.21. The first-order chi connectivity index (χ1) is 12.0. The molecule has 25 heavy (non-hydrogen) atoms. The molecule has 130 valence electrons. The van der Waals surface area contributed by atoms with E-state index < -0.39 is 0 Å². The number of rotatable bonds is 5. The van der Waals surface area contributed by atoms with Crippen LogP contribution in [0.25, 0.3) is 10.9 Å². The summed E-state index contributed by atoms with van der Waals surface area (Å²) in [7, 11) is 3.54. The molecule has 5 heteroatoms. The lowest BCUT2D eigenvalue weighted by atomic mass is 10.1. The second-order valence-electron chi connectivity index (χ2n) is 6.21. The average Bonchev–Trinajstić information content (AvgIpc) is 2.95. The summed E-state index contributed by atoms with van der Waals surface area (Å²) in [6.45, 7) is 4.07. The van der Waals surface area contributed by atoms with Crippen molar-refractivity contribution in [2.45, 2.75) is 26.3 Å². The van der Waals surface area contributed by atoms with E-state index in [-0.39, 0.29) is 11.9 Å². The van der Waals surface area contributed by atoms with E-state index in [4.69, 9.17) is 4.74 Å². The van der Waals surface area contributed by atoms with Gasteiger partial charge in [0, 0.05) is 24.1 Å². The molecule has 0 aliphatic heterocycles. The smallest absolute Gasteiger partial charge is 0.268 e. The number of hydrogen-bond acceptors (Lipinski definition) is 3. The minimum atomic E-state index is -0.111. The molecule has 0 aliphatic carbocycles. The van der Waals surface area contributed by atoms with Crippen LogP contribution in [0.5, 0.6) is 5.75 Å². The van der Waals surface area contributed by atoms with E-state index in [0.717, 1.165) is 34.3 Å². The Hall–Kier alpha value is -2.82. The van der Waals surface area contributed by atoms with Crippen molar-refractivity contribution in [2.24, 2.45) is 7.05 Å². The highest BCUT2D eigenvalue weighted by molar-refractivity contribution is 5.99. The van der Waals surface area contributed by atoms with Gasteiger partial charge in [0.15, 0.2) is 0 Å². The molecule has 0 radical (unpaired) electrons. The van der Waals surface area contributed by atoms with Crippen LogP contribution in [-0.4, -0.2) is 22.6 Å². The summed E-state index contributed by atoms with van der Waals surface area (Å²) in [4.78, 5) is 17.2. The molecule has 0 unspecified atom stereocenters. The van der Waals surface area contributed by atoms with Gasteiger partial charge in [-0.05, 0) is 55.3 Å². The number of pyridine rings is 1. The Morgan fingerprint density at radius 1 is 1.28 bits per heavy atom. The van der Waals surface area contributed by atoms with Crippen LogP contribution in [0.15, 0.2) is 42.6 Å². The zero-order chi connectivity index (χ0) is 18.0. The van der Waals surface area contributed by atoms with E-state index >= 15 is 0 Å². The Morgan fingerprint density at radius 3 is 2.76 bits per heavy atom. The van der Waals surface area contributed by atoms with Crippen molar-refractivity contribution in [1.82, 2.24) is 14.9 Å². The van der Waals surface area contributed by atoms with Crippen LogP contribution in [0.4, 0.5) is 0 Å². The van der Waals surface area contributed by atoms with Gasteiger partial charge in [-0.2, -0.15) is 0 Å². The molecule has 2 heterocycles. The number of aromatic nitrogens is 2. The van der Waals surface area contributed by atoms with E-state index in [1.54, 1.807) is 13.3 Å². The summed E-state index contributed by atoms with van der Waals surface area (Å²) in [6.07, 6.45) is 2.56. The number of amides is 1. The molecule has 0 bridgehead atoms. The number of fused-ring (bicyclic) bond motifs is 1. The third-order valence-corrected chi connectivity index (χ3v) is 4.49. The van der Waals surface area contributed by atoms with Crippen molar-refractivity contribution in [2.75, 3.05) is 7.11 Å². The molecule has 0 fully saturated rings. The van der Waals surface area contributed by atoms with Crippen LogP contribution in [0.1, 0.15) is 41.1 Å². The quantitative estimate of drug-likeness (QED) is 0.771. The summed E-state index contributed by atoms with van der Waals surface area (Å²) in [5, 5.41) is 4.08. The summed E-state index contributed by atoms with van der Waals surface area (Å²) in [6, 6.07) is 11.5. The summed E-state index contributed by atoms with van der Waals surface area (Å²) in [5.41, 5.74) is 3.63. The molecule has 1 N–H and O–H groups in total. The predicted octanol–water partition coefficient (Wildman–Crippen LogP) is 3.77. The summed E-state index contributed by atoms with van der Waals surface area (Å²) >= 11 is 0. The van der Waals surface area contributed by atoms with Crippen molar-refractivity contribution >= 4 is 16.8 Å². The monoisotopic (exact) mass is 337 g/mol. The maximum absolute atomic E-state index is 12.8.